The third kappa shape index (κ3) is 7.03. The second-order valence-electron chi connectivity index (χ2n) is 9.86. The fourth-order valence-electron chi connectivity index (χ4n) is 5.01. The lowest BCUT2D eigenvalue weighted by atomic mass is 10.1. The summed E-state index contributed by atoms with van der Waals surface area (Å²) in [5.41, 5.74) is 7.30. The van der Waals surface area contributed by atoms with Crippen molar-refractivity contribution in [2.45, 2.75) is 31.9 Å². The Morgan fingerprint density at radius 3 is 2.93 bits per heavy atom. The van der Waals surface area contributed by atoms with Crippen LogP contribution in [0.25, 0.3) is 0 Å². The van der Waals surface area contributed by atoms with E-state index in [1.54, 1.807) is 0 Å². The molecule has 43 heavy (non-hydrogen) atoms. The molecular weight excluding hydrogens is 571 g/mol. The molecule has 0 spiro atoms. The van der Waals surface area contributed by atoms with Crippen LogP contribution in [0.5, 0.6) is 11.6 Å². The molecule has 1 aliphatic carbocycles. The number of halogens is 1. The number of hydrogen-bond donors (Lipinski definition) is 4. The van der Waals surface area contributed by atoms with Gasteiger partial charge < -0.3 is 35.7 Å². The lowest BCUT2D eigenvalue weighted by molar-refractivity contribution is -0.123. The molecule has 228 valence electrons. The number of hydrogen-bond acceptors (Lipinski definition) is 13. The number of fused-ring (bicyclic) bond motifs is 2. The topological polar surface area (TPSA) is 222 Å². The van der Waals surface area contributed by atoms with Crippen molar-refractivity contribution in [2.75, 3.05) is 48.8 Å². The predicted molar refractivity (Wildman–Crippen MR) is 145 cm³/mol. The molecule has 5 N–H and O–H groups in total. The van der Waals surface area contributed by atoms with E-state index in [1.807, 2.05) is 6.07 Å². The number of rotatable bonds is 10. The molecule has 18 heteroatoms. The molecule has 2 aromatic heterocycles. The molecule has 1 aromatic carbocycles. The van der Waals surface area contributed by atoms with E-state index in [4.69, 9.17) is 29.8 Å². The highest BCUT2D eigenvalue weighted by atomic mass is 19.1. The van der Waals surface area contributed by atoms with Crippen molar-refractivity contribution in [3.05, 3.63) is 35.3 Å². The number of cyclic esters (lactones) is 1. The largest absolute Gasteiger partial charge is 0.492 e. The van der Waals surface area contributed by atoms with Crippen molar-refractivity contribution < 1.29 is 38.1 Å². The number of aromatic nitrogens is 6. The number of nitrogen functional groups attached to an aromatic ring is 1. The van der Waals surface area contributed by atoms with E-state index in [1.165, 1.54) is 21.8 Å². The third-order valence-electron chi connectivity index (χ3n) is 6.94. The van der Waals surface area contributed by atoms with Gasteiger partial charge in [-0.25, -0.2) is 23.8 Å². The summed E-state index contributed by atoms with van der Waals surface area (Å²) in [5.74, 6) is 0.948. The monoisotopic (exact) mass is 600 g/mol. The van der Waals surface area contributed by atoms with E-state index >= 15 is 0 Å². The molecule has 6 rings (SSSR count). The number of tetrazole rings is 1. The molecule has 17 nitrogen and oxygen atoms in total. The van der Waals surface area contributed by atoms with Crippen LogP contribution in [0.3, 0.4) is 0 Å². The number of nitrogens with zero attached hydrogens (tertiary/aromatic N) is 7. The molecule has 2 amide bonds. The van der Waals surface area contributed by atoms with E-state index in [0.29, 0.717) is 44.8 Å². The zero-order valence-corrected chi connectivity index (χ0v) is 22.8. The first kappa shape index (κ1) is 29.4. The van der Waals surface area contributed by atoms with Crippen LogP contribution in [-0.4, -0.2) is 92.7 Å². The second kappa shape index (κ2) is 13.2. The van der Waals surface area contributed by atoms with Gasteiger partial charge in [0, 0.05) is 6.07 Å². The lowest BCUT2D eigenvalue weighted by Gasteiger charge is -2.18. The highest BCUT2D eigenvalue weighted by Crippen LogP contribution is 2.32. The number of nitrogens with two attached hydrogens (primary N) is 1. The lowest BCUT2D eigenvalue weighted by Crippen LogP contribution is -2.30. The summed E-state index contributed by atoms with van der Waals surface area (Å²) in [6.07, 6.45) is 2.53. The Bertz CT molecular complexity index is 1490. The van der Waals surface area contributed by atoms with Crippen LogP contribution >= 0.6 is 0 Å². The summed E-state index contributed by atoms with van der Waals surface area (Å²) >= 11 is 0. The molecule has 2 unspecified atom stereocenters. The second-order valence-corrected chi connectivity index (χ2v) is 9.86. The van der Waals surface area contributed by atoms with Crippen molar-refractivity contribution in [1.29, 1.82) is 0 Å². The summed E-state index contributed by atoms with van der Waals surface area (Å²) in [4.78, 5) is 42.1. The van der Waals surface area contributed by atoms with Crippen LogP contribution in [-0.2, 0) is 33.7 Å². The van der Waals surface area contributed by atoms with E-state index < -0.39 is 6.09 Å². The number of amides is 2. The molecule has 0 saturated carbocycles. The maximum absolute atomic E-state index is 14.8. The fourth-order valence-corrected chi connectivity index (χ4v) is 5.01. The zero-order chi connectivity index (χ0) is 30.3. The molecule has 2 atom stereocenters. The molecule has 3 aliphatic rings. The Morgan fingerprint density at radius 1 is 1.30 bits per heavy atom. The summed E-state index contributed by atoms with van der Waals surface area (Å²) < 4.78 is 32.6. The van der Waals surface area contributed by atoms with Gasteiger partial charge in [-0.05, 0) is 65.9 Å². The first-order valence-corrected chi connectivity index (χ1v) is 13.4. The Morgan fingerprint density at radius 2 is 2.14 bits per heavy atom. The van der Waals surface area contributed by atoms with E-state index in [9.17, 15) is 14.0 Å². The summed E-state index contributed by atoms with van der Waals surface area (Å²) in [7, 11) is 0. The number of nitrogens with one attached hydrogen (secondary N) is 2. The van der Waals surface area contributed by atoms with Gasteiger partial charge in [0.15, 0.2) is 18.2 Å². The molecule has 1 saturated heterocycles. The quantitative estimate of drug-likeness (QED) is 0.178. The third-order valence-corrected chi connectivity index (χ3v) is 6.94. The Labute approximate surface area is 243 Å². The van der Waals surface area contributed by atoms with Gasteiger partial charge in [-0.1, -0.05) is 5.10 Å². The van der Waals surface area contributed by atoms with Crippen molar-refractivity contribution in [3.8, 4) is 11.6 Å². The zero-order valence-electron chi connectivity index (χ0n) is 22.8. The van der Waals surface area contributed by atoms with Gasteiger partial charge in [-0.2, -0.15) is 0 Å². The molecule has 3 aromatic rings. The first-order valence-electron chi connectivity index (χ1n) is 13.4. The number of anilines is 3. The van der Waals surface area contributed by atoms with E-state index in [0.717, 1.165) is 17.5 Å². The van der Waals surface area contributed by atoms with E-state index in [2.05, 4.69) is 36.1 Å². The smallest absolute Gasteiger partial charge is 0.415 e. The Kier molecular flexibility index (Phi) is 9.04. The van der Waals surface area contributed by atoms with Gasteiger partial charge in [0.05, 0.1) is 19.3 Å². The predicted octanol–water partition coefficient (Wildman–Crippen LogP) is 0.0150. The van der Waals surface area contributed by atoms with Crippen molar-refractivity contribution in [1.82, 2.24) is 35.5 Å². The maximum Gasteiger partial charge on any atom is 0.415 e. The van der Waals surface area contributed by atoms with Crippen LogP contribution in [0.2, 0.25) is 0 Å². The summed E-state index contributed by atoms with van der Waals surface area (Å²) in [6, 6.07) is 3.29. The van der Waals surface area contributed by atoms with E-state index in [-0.39, 0.29) is 66.9 Å². The van der Waals surface area contributed by atoms with Crippen LogP contribution in [0, 0.1) is 11.7 Å². The maximum atomic E-state index is 14.8. The summed E-state index contributed by atoms with van der Waals surface area (Å²) in [6.45, 7) is 1.86. The van der Waals surface area contributed by atoms with Crippen LogP contribution < -0.4 is 30.7 Å². The minimum absolute atomic E-state index is 0.126. The SMILES string of the molecule is Nc1nnnn1CCOc1cc(F)c2c(c1)CC(CNCCC1CN(c3cnc4c(n3)NC(=O)CO4)C(=O)O1)C2.O=CO. The molecule has 1 fully saturated rings. The number of carbonyl (C=O) groups excluding carboxylic acids is 2. The van der Waals surface area contributed by atoms with Gasteiger partial charge in [0.25, 0.3) is 18.3 Å². The molecular formula is C25H29FN10O7. The molecule has 4 heterocycles. The van der Waals surface area contributed by atoms with Crippen LogP contribution in [0.4, 0.5) is 26.8 Å². The van der Waals surface area contributed by atoms with Crippen LogP contribution in [0.15, 0.2) is 18.3 Å². The van der Waals surface area contributed by atoms with Crippen molar-refractivity contribution in [2.24, 2.45) is 5.92 Å². The number of ether oxygens (including phenoxy) is 3. The fraction of sp³-hybridized carbons (Fsp3) is 0.440. The Balaban J connectivity index is 0.00000118. The van der Waals surface area contributed by atoms with Crippen molar-refractivity contribution in [3.63, 3.8) is 0 Å². The highest BCUT2D eigenvalue weighted by molar-refractivity contribution is 5.94. The average molecular weight is 601 g/mol. The molecule has 0 radical (unpaired) electrons. The first-order chi connectivity index (χ1) is 20.8. The van der Waals surface area contributed by atoms with Crippen molar-refractivity contribution >= 4 is 36.1 Å². The minimum atomic E-state index is -0.525. The van der Waals surface area contributed by atoms with Gasteiger partial charge in [0.2, 0.25) is 5.95 Å². The highest BCUT2D eigenvalue weighted by Gasteiger charge is 2.34. The van der Waals surface area contributed by atoms with Gasteiger partial charge in [0.1, 0.15) is 24.3 Å². The number of carbonyl (C=O) groups is 3. The number of benzene rings is 1. The van der Waals surface area contributed by atoms with Gasteiger partial charge >= 0.3 is 6.09 Å². The minimum Gasteiger partial charge on any atom is -0.492 e. The average Bonchev–Trinajstić information content (AvgIpc) is 3.69. The van der Waals surface area contributed by atoms with Gasteiger partial charge in [-0.3, -0.25) is 14.5 Å². The normalized spacial score (nSPS) is 18.5. The molecule has 0 bridgehead atoms. The summed E-state index contributed by atoms with van der Waals surface area (Å²) in [5, 5.41) is 23.7. The number of carboxylic acid groups (broad SMARTS) is 1. The standard InChI is InChI=1S/C24H27FN10O5.CH2O2/c25-18-8-16(38-4-3-35-23(26)31-32-33-35)7-14-5-13(6-17(14)18)9-27-2-1-15-11-34(24(37)40-15)19-10-28-22-21(29-19)30-20(36)12-39-22;2-1-3/h7-8,10,13,15,27H,1-6,9,11-12H2,(H2,26,31,33)(H,29,30,36);1H,(H,2,3). The van der Waals surface area contributed by atoms with Crippen LogP contribution in [0.1, 0.15) is 17.5 Å². The molecule has 2 aliphatic heterocycles. The Hall–Kier alpha value is -5.13. The van der Waals surface area contributed by atoms with Gasteiger partial charge in [-0.15, -0.1) is 0 Å².